The smallest absolute Gasteiger partial charge is 0.255 e. The van der Waals surface area contributed by atoms with Crippen molar-refractivity contribution in [1.82, 2.24) is 4.98 Å². The maximum atomic E-state index is 13.4. The predicted molar refractivity (Wildman–Crippen MR) is 148 cm³/mol. The molecular weight excluding hydrogens is 504 g/mol. The van der Waals surface area contributed by atoms with Crippen LogP contribution in [-0.4, -0.2) is 39.2 Å². The number of benzene rings is 2. The van der Waals surface area contributed by atoms with Crippen molar-refractivity contribution in [3.8, 4) is 5.75 Å². The highest BCUT2D eigenvalue weighted by Crippen LogP contribution is 2.39. The summed E-state index contributed by atoms with van der Waals surface area (Å²) in [5.74, 6) is -0.152. The molecule has 1 unspecified atom stereocenters. The quantitative estimate of drug-likeness (QED) is 0.425. The molecule has 0 saturated heterocycles. The van der Waals surface area contributed by atoms with Crippen molar-refractivity contribution in [1.29, 1.82) is 0 Å². The lowest BCUT2D eigenvalue weighted by molar-refractivity contribution is 0.102. The standard InChI is InChI=1S/C27H32N6O4S/c1-17-7-8-19(13-24(17)33-16-23(30-32-33)18-9-11-28-12-10-18)26(34)29-21-14-20(27(2,3)4)15-22(25(21)37-5)31-38(6,35)36/h7-15,23,31H,16H2,1-6H3,(H,29,34). The summed E-state index contributed by atoms with van der Waals surface area (Å²) in [6.45, 7) is 8.49. The van der Waals surface area contributed by atoms with Gasteiger partial charge in [0.1, 0.15) is 6.04 Å². The van der Waals surface area contributed by atoms with Gasteiger partial charge >= 0.3 is 0 Å². The van der Waals surface area contributed by atoms with Crippen LogP contribution in [0.2, 0.25) is 0 Å². The van der Waals surface area contributed by atoms with E-state index in [2.05, 4.69) is 25.4 Å². The highest BCUT2D eigenvalue weighted by Gasteiger charge is 2.25. The average molecular weight is 537 g/mol. The third-order valence-electron chi connectivity index (χ3n) is 6.19. The van der Waals surface area contributed by atoms with E-state index in [-0.39, 0.29) is 28.8 Å². The molecule has 0 spiro atoms. The van der Waals surface area contributed by atoms with E-state index in [9.17, 15) is 13.2 Å². The monoisotopic (exact) mass is 536 g/mol. The molecule has 0 saturated carbocycles. The number of carbonyl (C=O) groups is 1. The summed E-state index contributed by atoms with van der Waals surface area (Å²) in [5, 5.41) is 13.4. The number of methoxy groups -OCH3 is 1. The van der Waals surface area contributed by atoms with Gasteiger partial charge in [0, 0.05) is 18.0 Å². The first-order valence-corrected chi connectivity index (χ1v) is 14.0. The van der Waals surface area contributed by atoms with E-state index in [0.29, 0.717) is 17.8 Å². The molecule has 38 heavy (non-hydrogen) atoms. The third-order valence-corrected chi connectivity index (χ3v) is 6.78. The van der Waals surface area contributed by atoms with Crippen molar-refractivity contribution >= 4 is 33.0 Å². The van der Waals surface area contributed by atoms with Gasteiger partial charge in [-0.25, -0.2) is 13.4 Å². The number of hydrogen-bond acceptors (Lipinski definition) is 8. The van der Waals surface area contributed by atoms with Crippen LogP contribution in [0.1, 0.15) is 53.9 Å². The lowest BCUT2D eigenvalue weighted by Crippen LogP contribution is -2.20. The topological polar surface area (TPSA) is 125 Å². The van der Waals surface area contributed by atoms with Gasteiger partial charge in [0.2, 0.25) is 10.0 Å². The lowest BCUT2D eigenvalue weighted by Gasteiger charge is -2.24. The number of sulfonamides is 1. The van der Waals surface area contributed by atoms with E-state index in [1.54, 1.807) is 41.7 Å². The van der Waals surface area contributed by atoms with Gasteiger partial charge in [0.05, 0.1) is 37.0 Å². The van der Waals surface area contributed by atoms with Crippen LogP contribution in [0.5, 0.6) is 5.75 Å². The largest absolute Gasteiger partial charge is 0.492 e. The van der Waals surface area contributed by atoms with Gasteiger partial charge in [0.15, 0.2) is 5.75 Å². The fourth-order valence-electron chi connectivity index (χ4n) is 4.14. The summed E-state index contributed by atoms with van der Waals surface area (Å²) in [5.41, 5.74) is 4.26. The van der Waals surface area contributed by atoms with Crippen molar-refractivity contribution in [2.45, 2.75) is 39.2 Å². The Morgan fingerprint density at radius 3 is 2.39 bits per heavy atom. The van der Waals surface area contributed by atoms with Crippen molar-refractivity contribution in [2.24, 2.45) is 10.3 Å². The first kappa shape index (κ1) is 27.1. The van der Waals surface area contributed by atoms with Crippen molar-refractivity contribution < 1.29 is 17.9 Å². The van der Waals surface area contributed by atoms with Crippen LogP contribution in [0.15, 0.2) is 65.2 Å². The van der Waals surface area contributed by atoms with Crippen molar-refractivity contribution in [2.75, 3.05) is 35.0 Å². The van der Waals surface area contributed by atoms with Gasteiger partial charge < -0.3 is 10.1 Å². The summed E-state index contributed by atoms with van der Waals surface area (Å²) in [6, 6.07) is 12.6. The normalized spacial score (nSPS) is 15.4. The fraction of sp³-hybridized carbons (Fsp3) is 0.333. The predicted octanol–water partition coefficient (Wildman–Crippen LogP) is 5.25. The number of aromatic nitrogens is 1. The van der Waals surface area contributed by atoms with Crippen LogP contribution in [0, 0.1) is 6.92 Å². The van der Waals surface area contributed by atoms with E-state index < -0.39 is 10.0 Å². The molecule has 11 heteroatoms. The Morgan fingerprint density at radius 1 is 1.08 bits per heavy atom. The summed E-state index contributed by atoms with van der Waals surface area (Å²) in [4.78, 5) is 17.5. The second kappa shape index (κ2) is 10.4. The summed E-state index contributed by atoms with van der Waals surface area (Å²) in [6.07, 6.45) is 4.52. The molecule has 0 fully saturated rings. The molecule has 1 amide bonds. The minimum Gasteiger partial charge on any atom is -0.492 e. The molecule has 1 aliphatic heterocycles. The second-order valence-corrected chi connectivity index (χ2v) is 12.0. The van der Waals surface area contributed by atoms with Gasteiger partial charge in [-0.3, -0.25) is 14.5 Å². The van der Waals surface area contributed by atoms with E-state index in [1.165, 1.54) is 7.11 Å². The zero-order chi connectivity index (χ0) is 27.7. The number of amides is 1. The number of ether oxygens (including phenoxy) is 1. The molecule has 0 radical (unpaired) electrons. The molecule has 1 aliphatic rings. The highest BCUT2D eigenvalue weighted by molar-refractivity contribution is 7.92. The average Bonchev–Trinajstić information content (AvgIpc) is 3.33. The number of pyridine rings is 1. The Hall–Kier alpha value is -3.99. The Bertz CT molecular complexity index is 1480. The number of carbonyl (C=O) groups excluding carboxylic acids is 1. The van der Waals surface area contributed by atoms with Crippen LogP contribution in [0.25, 0.3) is 0 Å². The van der Waals surface area contributed by atoms with Gasteiger partial charge in [-0.05, 0) is 65.4 Å². The molecule has 2 aromatic carbocycles. The molecular formula is C27H32N6O4S. The molecule has 1 aromatic heterocycles. The van der Waals surface area contributed by atoms with E-state index >= 15 is 0 Å². The van der Waals surface area contributed by atoms with Crippen LogP contribution in [0.3, 0.4) is 0 Å². The number of rotatable bonds is 7. The van der Waals surface area contributed by atoms with Gasteiger partial charge in [-0.1, -0.05) is 32.1 Å². The Kier molecular flexibility index (Phi) is 7.41. The SMILES string of the molecule is COc1c(NC(=O)c2ccc(C)c(N3CC(c4ccncc4)N=N3)c2)cc(C(C)(C)C)cc1NS(C)(=O)=O. The highest BCUT2D eigenvalue weighted by atomic mass is 32.2. The zero-order valence-electron chi connectivity index (χ0n) is 22.3. The lowest BCUT2D eigenvalue weighted by atomic mass is 9.86. The first-order valence-electron chi connectivity index (χ1n) is 12.1. The molecule has 1 atom stereocenters. The molecule has 0 bridgehead atoms. The second-order valence-electron chi connectivity index (χ2n) is 10.3. The number of nitrogens with one attached hydrogen (secondary N) is 2. The van der Waals surface area contributed by atoms with E-state index in [0.717, 1.165) is 28.6 Å². The van der Waals surface area contributed by atoms with Gasteiger partial charge in [-0.2, -0.15) is 5.11 Å². The first-order chi connectivity index (χ1) is 17.9. The molecule has 2 heterocycles. The maximum absolute atomic E-state index is 13.4. The Morgan fingerprint density at radius 2 is 1.76 bits per heavy atom. The van der Waals surface area contributed by atoms with Crippen LogP contribution >= 0.6 is 0 Å². The Balaban J connectivity index is 1.64. The number of nitrogens with zero attached hydrogens (tertiary/aromatic N) is 4. The Labute approximate surface area is 223 Å². The summed E-state index contributed by atoms with van der Waals surface area (Å²) >= 11 is 0. The van der Waals surface area contributed by atoms with E-state index in [4.69, 9.17) is 4.74 Å². The molecule has 0 aliphatic carbocycles. The molecule has 3 aromatic rings. The maximum Gasteiger partial charge on any atom is 0.255 e. The molecule has 4 rings (SSSR count). The van der Waals surface area contributed by atoms with Crippen molar-refractivity contribution in [3.05, 3.63) is 77.1 Å². The minimum atomic E-state index is -3.58. The van der Waals surface area contributed by atoms with Gasteiger partial charge in [-0.15, -0.1) is 0 Å². The fourth-order valence-corrected chi connectivity index (χ4v) is 4.69. The number of hydrogen-bond donors (Lipinski definition) is 2. The minimum absolute atomic E-state index is 0.125. The number of aryl methyl sites for hydroxylation is 1. The molecule has 2 N–H and O–H groups in total. The molecule has 200 valence electrons. The van der Waals surface area contributed by atoms with Crippen LogP contribution < -0.4 is 19.8 Å². The zero-order valence-corrected chi connectivity index (χ0v) is 23.1. The van der Waals surface area contributed by atoms with E-state index in [1.807, 2.05) is 45.9 Å². The van der Waals surface area contributed by atoms with Crippen LogP contribution in [0.4, 0.5) is 17.1 Å². The summed E-state index contributed by atoms with van der Waals surface area (Å²) in [7, 11) is -2.16. The van der Waals surface area contributed by atoms with Crippen LogP contribution in [-0.2, 0) is 15.4 Å². The number of anilines is 3. The van der Waals surface area contributed by atoms with Crippen molar-refractivity contribution in [3.63, 3.8) is 0 Å². The van der Waals surface area contributed by atoms with Gasteiger partial charge in [0.25, 0.3) is 5.91 Å². The third kappa shape index (κ3) is 6.10. The summed E-state index contributed by atoms with van der Waals surface area (Å²) < 4.78 is 32.1. The molecule has 10 nitrogen and oxygen atoms in total.